The molecule has 0 aromatic heterocycles. The lowest BCUT2D eigenvalue weighted by Gasteiger charge is -2.33. The summed E-state index contributed by atoms with van der Waals surface area (Å²) >= 11 is 0. The minimum atomic E-state index is -1.56. The van der Waals surface area contributed by atoms with E-state index in [1.165, 1.54) is 34.7 Å². The molecule has 0 rings (SSSR count). The van der Waals surface area contributed by atoms with Crippen LogP contribution in [0.4, 0.5) is 9.18 Å². The van der Waals surface area contributed by atoms with Crippen molar-refractivity contribution in [2.24, 2.45) is 0 Å². The molecule has 0 fully saturated rings. The summed E-state index contributed by atoms with van der Waals surface area (Å²) in [6.07, 6.45) is -0.620. The van der Waals surface area contributed by atoms with Crippen molar-refractivity contribution in [1.29, 1.82) is 0 Å². The summed E-state index contributed by atoms with van der Waals surface area (Å²) in [6, 6.07) is 0. The van der Waals surface area contributed by atoms with Crippen LogP contribution >= 0.6 is 0 Å². The number of carbonyl (C=O) groups excluding carboxylic acids is 1. The zero-order valence-corrected chi connectivity index (χ0v) is 8.19. The van der Waals surface area contributed by atoms with Crippen LogP contribution in [0.2, 0.25) is 0 Å². The quantitative estimate of drug-likeness (QED) is 0.699. The highest BCUT2D eigenvalue weighted by molar-refractivity contribution is 5.67. The Kier molecular flexibility index (Phi) is 3.07. The van der Waals surface area contributed by atoms with Crippen LogP contribution in [0.15, 0.2) is 0 Å². The summed E-state index contributed by atoms with van der Waals surface area (Å²) < 4.78 is 18.2. The molecule has 0 unspecified atom stereocenters. The van der Waals surface area contributed by atoms with Gasteiger partial charge in [0.2, 0.25) is 0 Å². The first-order chi connectivity index (χ1) is 5.20. The number of hydrogen-bond donors (Lipinski definition) is 1. The molecule has 1 amide bonds. The maximum atomic E-state index is 13.4. The third-order valence-corrected chi connectivity index (χ3v) is 1.98. The van der Waals surface area contributed by atoms with Crippen molar-refractivity contribution in [2.75, 3.05) is 7.05 Å². The average molecular weight is 177 g/mol. The minimum Gasteiger partial charge on any atom is -0.440 e. The first-order valence-electron chi connectivity index (χ1n) is 3.80. The molecule has 4 heteroatoms. The molecule has 0 spiro atoms. The molecule has 0 aliphatic rings. The van der Waals surface area contributed by atoms with E-state index in [2.05, 4.69) is 5.32 Å². The summed E-state index contributed by atoms with van der Waals surface area (Å²) in [6.45, 7) is 5.80. The lowest BCUT2D eigenvalue weighted by Crippen LogP contribution is -2.46. The monoisotopic (exact) mass is 177 g/mol. The largest absolute Gasteiger partial charge is 0.440 e. The molecular weight excluding hydrogens is 161 g/mol. The molecule has 72 valence electrons. The van der Waals surface area contributed by atoms with Gasteiger partial charge in [0, 0.05) is 7.05 Å². The first-order valence-corrected chi connectivity index (χ1v) is 3.80. The Morgan fingerprint density at radius 2 is 1.75 bits per heavy atom. The van der Waals surface area contributed by atoms with Crippen molar-refractivity contribution in [3.63, 3.8) is 0 Å². The first kappa shape index (κ1) is 11.2. The van der Waals surface area contributed by atoms with Gasteiger partial charge in [0.25, 0.3) is 0 Å². The fraction of sp³-hybridized carbons (Fsp3) is 0.875. The van der Waals surface area contributed by atoms with Crippen molar-refractivity contribution < 1.29 is 13.9 Å². The molecule has 3 nitrogen and oxygen atoms in total. The van der Waals surface area contributed by atoms with Gasteiger partial charge in [-0.15, -0.1) is 0 Å². The lowest BCUT2D eigenvalue weighted by molar-refractivity contribution is -0.0650. The summed E-state index contributed by atoms with van der Waals surface area (Å²) in [5.74, 6) is 0. The van der Waals surface area contributed by atoms with Gasteiger partial charge in [-0.25, -0.2) is 9.18 Å². The third-order valence-electron chi connectivity index (χ3n) is 1.98. The molecule has 1 N–H and O–H groups in total. The van der Waals surface area contributed by atoms with E-state index in [9.17, 15) is 9.18 Å². The van der Waals surface area contributed by atoms with Crippen molar-refractivity contribution in [1.82, 2.24) is 5.32 Å². The number of hydrogen-bond acceptors (Lipinski definition) is 2. The highest BCUT2D eigenvalue weighted by atomic mass is 19.1. The highest BCUT2D eigenvalue weighted by Crippen LogP contribution is 2.28. The van der Waals surface area contributed by atoms with Gasteiger partial charge in [0.15, 0.2) is 0 Å². The molecule has 12 heavy (non-hydrogen) atoms. The molecule has 0 aromatic rings. The van der Waals surface area contributed by atoms with Gasteiger partial charge in [0.05, 0.1) is 0 Å². The van der Waals surface area contributed by atoms with Gasteiger partial charge in [0.1, 0.15) is 11.3 Å². The lowest BCUT2D eigenvalue weighted by atomic mass is 9.91. The van der Waals surface area contributed by atoms with Crippen LogP contribution in [-0.4, -0.2) is 24.4 Å². The molecule has 0 saturated heterocycles. The molecule has 0 atom stereocenters. The number of carbonyl (C=O) groups is 1. The number of rotatable bonds is 2. The molecular formula is C8H16FNO2. The van der Waals surface area contributed by atoms with Crippen LogP contribution in [-0.2, 0) is 4.74 Å². The number of halogens is 1. The molecule has 0 aliphatic carbocycles. The van der Waals surface area contributed by atoms with E-state index in [-0.39, 0.29) is 0 Å². The van der Waals surface area contributed by atoms with Crippen molar-refractivity contribution >= 4 is 6.09 Å². The Bertz CT molecular complexity index is 172. The minimum absolute atomic E-state index is 0.620. The predicted molar refractivity (Wildman–Crippen MR) is 44.8 cm³/mol. The average Bonchev–Trinajstić information content (AvgIpc) is 1.84. The molecule has 0 heterocycles. The van der Waals surface area contributed by atoms with E-state index >= 15 is 0 Å². The van der Waals surface area contributed by atoms with Crippen molar-refractivity contribution in [3.05, 3.63) is 0 Å². The molecule has 0 saturated carbocycles. The van der Waals surface area contributed by atoms with Gasteiger partial charge in [-0.05, 0) is 27.7 Å². The Balaban J connectivity index is 4.33. The van der Waals surface area contributed by atoms with E-state index in [4.69, 9.17) is 4.74 Å². The van der Waals surface area contributed by atoms with Crippen LogP contribution in [0.1, 0.15) is 27.7 Å². The predicted octanol–water partition coefficient (Wildman–Crippen LogP) is 1.87. The number of alkyl halides is 1. The van der Waals surface area contributed by atoms with Gasteiger partial charge >= 0.3 is 6.09 Å². The van der Waals surface area contributed by atoms with Crippen LogP contribution in [0, 0.1) is 0 Å². The topological polar surface area (TPSA) is 38.3 Å². The summed E-state index contributed by atoms with van der Waals surface area (Å²) in [5, 5.41) is 2.27. The van der Waals surface area contributed by atoms with E-state index in [0.29, 0.717) is 0 Å². The van der Waals surface area contributed by atoms with E-state index in [0.717, 1.165) is 0 Å². The fourth-order valence-corrected chi connectivity index (χ4v) is 0.404. The van der Waals surface area contributed by atoms with Gasteiger partial charge in [-0.2, -0.15) is 0 Å². The van der Waals surface area contributed by atoms with Crippen LogP contribution < -0.4 is 5.32 Å². The third kappa shape index (κ3) is 2.68. The van der Waals surface area contributed by atoms with Crippen molar-refractivity contribution in [3.8, 4) is 0 Å². The van der Waals surface area contributed by atoms with Crippen molar-refractivity contribution in [2.45, 2.75) is 39.0 Å². The molecule has 0 aromatic carbocycles. The standard InChI is InChI=1S/C8H16FNO2/c1-7(2,9)8(3,4)12-6(11)10-5/h1-5H3,(H,10,11). The summed E-state index contributed by atoms with van der Waals surface area (Å²) in [5.41, 5.74) is -2.67. The Labute approximate surface area is 72.3 Å². The summed E-state index contributed by atoms with van der Waals surface area (Å²) in [4.78, 5) is 10.8. The zero-order chi connectivity index (χ0) is 9.99. The maximum absolute atomic E-state index is 13.4. The number of alkyl carbamates (subject to hydrolysis) is 1. The molecule has 0 aliphatic heterocycles. The van der Waals surface area contributed by atoms with Gasteiger partial charge in [-0.3, -0.25) is 0 Å². The number of amides is 1. The van der Waals surface area contributed by atoms with Crippen LogP contribution in [0.25, 0.3) is 0 Å². The fourth-order valence-electron chi connectivity index (χ4n) is 0.404. The van der Waals surface area contributed by atoms with E-state index in [1.54, 1.807) is 0 Å². The Morgan fingerprint density at radius 3 is 2.00 bits per heavy atom. The normalized spacial score (nSPS) is 12.5. The maximum Gasteiger partial charge on any atom is 0.407 e. The zero-order valence-electron chi connectivity index (χ0n) is 8.19. The van der Waals surface area contributed by atoms with E-state index < -0.39 is 17.4 Å². The second-order valence-corrected chi connectivity index (χ2v) is 3.62. The second kappa shape index (κ2) is 3.29. The number of nitrogens with one attached hydrogen (secondary N) is 1. The molecule has 0 bridgehead atoms. The highest BCUT2D eigenvalue weighted by Gasteiger charge is 2.40. The van der Waals surface area contributed by atoms with Crippen LogP contribution in [0.3, 0.4) is 0 Å². The molecule has 0 radical (unpaired) electrons. The Morgan fingerprint density at radius 1 is 1.33 bits per heavy atom. The van der Waals surface area contributed by atoms with Gasteiger partial charge in [-0.1, -0.05) is 0 Å². The Hall–Kier alpha value is -0.800. The number of ether oxygens (including phenoxy) is 1. The van der Waals surface area contributed by atoms with Crippen LogP contribution in [0.5, 0.6) is 0 Å². The smallest absolute Gasteiger partial charge is 0.407 e. The SMILES string of the molecule is CNC(=O)OC(C)(C)C(C)(C)F. The second-order valence-electron chi connectivity index (χ2n) is 3.62. The summed E-state index contributed by atoms with van der Waals surface area (Å²) in [7, 11) is 1.43. The van der Waals surface area contributed by atoms with E-state index in [1.807, 2.05) is 0 Å². The van der Waals surface area contributed by atoms with Gasteiger partial charge < -0.3 is 10.1 Å².